The fourth-order valence-corrected chi connectivity index (χ4v) is 3.37. The second kappa shape index (κ2) is 13.9. The third-order valence-electron chi connectivity index (χ3n) is 5.32. The Balaban J connectivity index is 2.10. The highest BCUT2D eigenvalue weighted by Crippen LogP contribution is 2.38. The summed E-state index contributed by atoms with van der Waals surface area (Å²) in [4.78, 5) is 12.8. The Morgan fingerprint density at radius 2 is 1.46 bits per heavy atom. The van der Waals surface area contributed by atoms with Crippen molar-refractivity contribution in [3.63, 3.8) is 0 Å². The van der Waals surface area contributed by atoms with Gasteiger partial charge in [-0.3, -0.25) is 4.79 Å². The summed E-state index contributed by atoms with van der Waals surface area (Å²) >= 11 is 0. The van der Waals surface area contributed by atoms with E-state index in [2.05, 4.69) is 32.9 Å². The summed E-state index contributed by atoms with van der Waals surface area (Å²) in [6, 6.07) is 8.72. The number of hydrogen-bond donors (Lipinski definition) is 0. The van der Waals surface area contributed by atoms with Crippen molar-refractivity contribution in [1.29, 1.82) is 0 Å². The van der Waals surface area contributed by atoms with E-state index in [4.69, 9.17) is 23.7 Å². The van der Waals surface area contributed by atoms with Crippen LogP contribution in [0.25, 0.3) is 6.08 Å². The summed E-state index contributed by atoms with van der Waals surface area (Å²) in [7, 11) is 6.20. The Bertz CT molecular complexity index is 1070. The van der Waals surface area contributed by atoms with Gasteiger partial charge in [-0.05, 0) is 81.7 Å². The molecule has 2 aromatic carbocycles. The van der Waals surface area contributed by atoms with Crippen molar-refractivity contribution < 1.29 is 28.5 Å². The van der Waals surface area contributed by atoms with Gasteiger partial charge in [0.15, 0.2) is 28.8 Å². The van der Waals surface area contributed by atoms with Crippen LogP contribution in [0.15, 0.2) is 59.7 Å². The van der Waals surface area contributed by atoms with E-state index < -0.39 is 0 Å². The average Bonchev–Trinajstić information content (AvgIpc) is 2.86. The Morgan fingerprint density at radius 3 is 2.03 bits per heavy atom. The van der Waals surface area contributed by atoms with Crippen LogP contribution in [0.3, 0.4) is 0 Å². The average molecular weight is 481 g/mol. The van der Waals surface area contributed by atoms with Crippen molar-refractivity contribution in [2.24, 2.45) is 0 Å². The number of benzene rings is 2. The molecule has 0 fully saturated rings. The summed E-state index contributed by atoms with van der Waals surface area (Å²) in [5.74, 6) is 2.46. The number of allylic oxidation sites excluding steroid dienone is 4. The normalized spacial score (nSPS) is 11.2. The van der Waals surface area contributed by atoms with Gasteiger partial charge in [-0.15, -0.1) is 0 Å². The molecule has 0 saturated carbocycles. The van der Waals surface area contributed by atoms with E-state index in [1.807, 2.05) is 0 Å². The second-order valence-electron chi connectivity index (χ2n) is 8.20. The van der Waals surface area contributed by atoms with Crippen molar-refractivity contribution >= 4 is 11.9 Å². The van der Waals surface area contributed by atoms with Crippen LogP contribution < -0.4 is 23.7 Å². The summed E-state index contributed by atoms with van der Waals surface area (Å²) in [6.07, 6.45) is 9.51. The minimum absolute atomic E-state index is 0.168. The zero-order valence-corrected chi connectivity index (χ0v) is 21.8. The molecule has 0 atom stereocenters. The van der Waals surface area contributed by atoms with Crippen LogP contribution in [0.4, 0.5) is 0 Å². The lowest BCUT2D eigenvalue weighted by molar-refractivity contribution is 0.104. The predicted octanol–water partition coefficient (Wildman–Crippen LogP) is 6.69. The van der Waals surface area contributed by atoms with Gasteiger partial charge in [-0.2, -0.15) is 0 Å². The molecule has 0 aromatic heterocycles. The van der Waals surface area contributed by atoms with E-state index in [0.29, 0.717) is 40.9 Å². The molecule has 0 amide bonds. The molecule has 0 unspecified atom stereocenters. The third kappa shape index (κ3) is 8.25. The van der Waals surface area contributed by atoms with Gasteiger partial charge >= 0.3 is 0 Å². The molecule has 35 heavy (non-hydrogen) atoms. The minimum Gasteiger partial charge on any atom is -0.493 e. The maximum absolute atomic E-state index is 12.8. The fraction of sp³-hybridized carbons (Fsp3) is 0.345. The summed E-state index contributed by atoms with van der Waals surface area (Å²) < 4.78 is 27.4. The molecule has 0 saturated heterocycles. The molecular weight excluding hydrogens is 444 g/mol. The van der Waals surface area contributed by atoms with E-state index >= 15 is 0 Å². The molecule has 0 aliphatic carbocycles. The number of hydrogen-bond acceptors (Lipinski definition) is 6. The molecule has 0 aliphatic rings. The summed E-state index contributed by atoms with van der Waals surface area (Å²) in [6.45, 7) is 6.74. The molecule has 0 aliphatic heterocycles. The third-order valence-corrected chi connectivity index (χ3v) is 5.32. The van der Waals surface area contributed by atoms with Crippen LogP contribution in [0, 0.1) is 0 Å². The number of carbonyl (C=O) groups excluding carboxylic acids is 1. The van der Waals surface area contributed by atoms with E-state index in [1.54, 1.807) is 64.8 Å². The lowest BCUT2D eigenvalue weighted by Gasteiger charge is -2.13. The molecule has 0 radical (unpaired) electrons. The van der Waals surface area contributed by atoms with Crippen LogP contribution in [-0.4, -0.2) is 40.8 Å². The number of carbonyl (C=O) groups is 1. The number of ether oxygens (including phenoxy) is 5. The van der Waals surface area contributed by atoms with E-state index in [1.165, 1.54) is 17.2 Å². The van der Waals surface area contributed by atoms with Gasteiger partial charge in [0.1, 0.15) is 6.61 Å². The molecule has 2 aromatic rings. The highest BCUT2D eigenvalue weighted by molar-refractivity contribution is 6.07. The quantitative estimate of drug-likeness (QED) is 0.181. The topological polar surface area (TPSA) is 63.2 Å². The van der Waals surface area contributed by atoms with Crippen molar-refractivity contribution in [1.82, 2.24) is 0 Å². The first-order chi connectivity index (χ1) is 16.8. The minimum atomic E-state index is -0.168. The van der Waals surface area contributed by atoms with Crippen LogP contribution >= 0.6 is 0 Å². The number of rotatable bonds is 13. The van der Waals surface area contributed by atoms with Gasteiger partial charge in [0.25, 0.3) is 0 Å². The van der Waals surface area contributed by atoms with Gasteiger partial charge in [-0.25, -0.2) is 0 Å². The van der Waals surface area contributed by atoms with E-state index in [-0.39, 0.29) is 5.78 Å². The van der Waals surface area contributed by atoms with Crippen LogP contribution in [0.1, 0.15) is 49.5 Å². The van der Waals surface area contributed by atoms with Gasteiger partial charge in [0, 0.05) is 5.56 Å². The van der Waals surface area contributed by atoms with Gasteiger partial charge < -0.3 is 23.7 Å². The van der Waals surface area contributed by atoms with Crippen LogP contribution in [-0.2, 0) is 0 Å². The fourth-order valence-electron chi connectivity index (χ4n) is 3.37. The predicted molar refractivity (Wildman–Crippen MR) is 140 cm³/mol. The lowest BCUT2D eigenvalue weighted by Crippen LogP contribution is -2.00. The molecule has 6 nitrogen and oxygen atoms in total. The van der Waals surface area contributed by atoms with Crippen LogP contribution in [0.2, 0.25) is 0 Å². The zero-order chi connectivity index (χ0) is 25.8. The molecule has 188 valence electrons. The first-order valence-electron chi connectivity index (χ1n) is 11.4. The molecule has 2 rings (SSSR count). The molecular formula is C29H36O6. The van der Waals surface area contributed by atoms with Gasteiger partial charge in [0.05, 0.1) is 28.4 Å². The Morgan fingerprint density at radius 1 is 0.800 bits per heavy atom. The Hall–Kier alpha value is -3.67. The highest BCUT2D eigenvalue weighted by Gasteiger charge is 2.13. The number of methoxy groups -OCH3 is 4. The van der Waals surface area contributed by atoms with Crippen molar-refractivity contribution in [2.45, 2.75) is 33.6 Å². The zero-order valence-electron chi connectivity index (χ0n) is 21.8. The molecule has 0 spiro atoms. The van der Waals surface area contributed by atoms with E-state index in [0.717, 1.165) is 18.4 Å². The van der Waals surface area contributed by atoms with Gasteiger partial charge in [-0.1, -0.05) is 23.3 Å². The molecule has 6 heteroatoms. The molecule has 0 N–H and O–H groups in total. The van der Waals surface area contributed by atoms with Gasteiger partial charge in [0.2, 0.25) is 5.75 Å². The summed E-state index contributed by atoms with van der Waals surface area (Å²) in [5.41, 5.74) is 3.83. The summed E-state index contributed by atoms with van der Waals surface area (Å²) in [5, 5.41) is 0. The molecule has 0 heterocycles. The van der Waals surface area contributed by atoms with Crippen molar-refractivity contribution in [3.8, 4) is 28.7 Å². The maximum Gasteiger partial charge on any atom is 0.203 e. The maximum atomic E-state index is 12.8. The standard InChI is InChI=1S/C29H36O6/c1-20(2)9-8-10-21(3)15-16-35-25-14-12-23(19-26(25)31-4)24(30)13-11-22-17-27(32-5)29(34-7)28(18-22)33-6/h9,11-15,17-19H,8,10,16H2,1-7H3/b13-11+,21-15+. The highest BCUT2D eigenvalue weighted by atomic mass is 16.5. The largest absolute Gasteiger partial charge is 0.493 e. The molecule has 0 bridgehead atoms. The first kappa shape index (κ1) is 27.6. The Labute approximate surface area is 208 Å². The smallest absolute Gasteiger partial charge is 0.203 e. The van der Waals surface area contributed by atoms with Crippen molar-refractivity contribution in [3.05, 3.63) is 70.8 Å². The van der Waals surface area contributed by atoms with E-state index in [9.17, 15) is 4.79 Å². The second-order valence-corrected chi connectivity index (χ2v) is 8.20. The van der Waals surface area contributed by atoms with Crippen LogP contribution in [0.5, 0.6) is 28.7 Å². The monoisotopic (exact) mass is 480 g/mol. The lowest BCUT2D eigenvalue weighted by atomic mass is 10.1. The first-order valence-corrected chi connectivity index (χ1v) is 11.4. The Kier molecular flexibility index (Phi) is 10.9. The van der Waals surface area contributed by atoms with Crippen molar-refractivity contribution in [2.75, 3.05) is 35.0 Å². The number of ketones is 1. The SMILES string of the molecule is COc1cc(C(=O)/C=C/c2cc(OC)c(OC)c(OC)c2)ccc1OC/C=C(\C)CCC=C(C)C.